The van der Waals surface area contributed by atoms with Crippen LogP contribution in [0.3, 0.4) is 0 Å². The molecule has 2 aliphatic heterocycles. The minimum Gasteiger partial charge on any atom is -0.448 e. The van der Waals surface area contributed by atoms with Crippen LogP contribution in [-0.4, -0.2) is 45.5 Å². The van der Waals surface area contributed by atoms with E-state index in [1.165, 1.54) is 0 Å². The summed E-state index contributed by atoms with van der Waals surface area (Å²) in [5.41, 5.74) is 2.74. The lowest BCUT2D eigenvalue weighted by molar-refractivity contribution is -0.121. The lowest BCUT2D eigenvalue weighted by Gasteiger charge is -2.37. The molecule has 3 aliphatic rings. The SMILES string of the molecule is Cc1c2c(c(-n3ccnc3)c3c1C(=O)NCC3)OC(C)(C1CCC(NC(=O)OC(C)(C)C)CC1)O2. The molecule has 1 unspecified atom stereocenters. The van der Waals surface area contributed by atoms with Gasteiger partial charge in [0.15, 0.2) is 11.5 Å². The Morgan fingerprint density at radius 3 is 2.60 bits per heavy atom. The third kappa shape index (κ3) is 4.32. The van der Waals surface area contributed by atoms with E-state index in [4.69, 9.17) is 14.2 Å². The molecule has 5 rings (SSSR count). The van der Waals surface area contributed by atoms with Crippen molar-refractivity contribution in [3.8, 4) is 17.2 Å². The second-order valence-electron chi connectivity index (χ2n) is 10.9. The molecule has 188 valence electrons. The predicted molar refractivity (Wildman–Crippen MR) is 129 cm³/mol. The molecule has 35 heavy (non-hydrogen) atoms. The number of aromatic nitrogens is 2. The van der Waals surface area contributed by atoms with E-state index in [1.807, 2.05) is 45.4 Å². The van der Waals surface area contributed by atoms with Gasteiger partial charge in [-0.05, 0) is 65.4 Å². The maximum Gasteiger partial charge on any atom is 0.407 e. The number of hydrogen-bond donors (Lipinski definition) is 2. The van der Waals surface area contributed by atoms with Gasteiger partial charge in [-0.3, -0.25) is 4.79 Å². The molecule has 9 nitrogen and oxygen atoms in total. The van der Waals surface area contributed by atoms with Crippen molar-refractivity contribution in [3.05, 3.63) is 35.4 Å². The Balaban J connectivity index is 1.38. The summed E-state index contributed by atoms with van der Waals surface area (Å²) in [4.78, 5) is 29.2. The molecule has 0 bridgehead atoms. The zero-order valence-corrected chi connectivity index (χ0v) is 21.1. The van der Waals surface area contributed by atoms with Crippen molar-refractivity contribution in [2.24, 2.45) is 5.92 Å². The molecule has 1 saturated carbocycles. The van der Waals surface area contributed by atoms with Gasteiger partial charge < -0.3 is 29.4 Å². The van der Waals surface area contributed by atoms with Gasteiger partial charge in [-0.15, -0.1) is 0 Å². The molecule has 2 amide bonds. The standard InChI is InChI=1S/C26H34N4O5/c1-15-19-18(10-11-28-23(19)31)20(30-13-12-27-14-30)22-21(15)33-26(5,34-22)16-6-8-17(9-7-16)29-24(32)35-25(2,3)4/h12-14,16-17H,6-11H2,1-5H3,(H,28,31)(H,29,32). The van der Waals surface area contributed by atoms with Gasteiger partial charge in [-0.1, -0.05) is 0 Å². The molecule has 0 saturated heterocycles. The Labute approximate surface area is 205 Å². The van der Waals surface area contributed by atoms with E-state index in [9.17, 15) is 9.59 Å². The van der Waals surface area contributed by atoms with Crippen LogP contribution in [0.25, 0.3) is 5.69 Å². The molecule has 1 aromatic heterocycles. The first kappa shape index (κ1) is 23.5. The molecule has 1 atom stereocenters. The van der Waals surface area contributed by atoms with Crippen molar-refractivity contribution in [2.45, 2.75) is 84.2 Å². The van der Waals surface area contributed by atoms with Crippen LogP contribution in [-0.2, 0) is 11.2 Å². The van der Waals surface area contributed by atoms with Gasteiger partial charge >= 0.3 is 6.09 Å². The Bertz CT molecular complexity index is 1150. The highest BCUT2D eigenvalue weighted by molar-refractivity contribution is 6.01. The number of amides is 2. The van der Waals surface area contributed by atoms with Crippen molar-refractivity contribution < 1.29 is 23.8 Å². The number of rotatable bonds is 3. The molecule has 0 spiro atoms. The molecule has 1 aromatic carbocycles. The van der Waals surface area contributed by atoms with Crippen molar-refractivity contribution in [1.29, 1.82) is 0 Å². The second-order valence-corrected chi connectivity index (χ2v) is 10.9. The normalized spacial score (nSPS) is 25.6. The highest BCUT2D eigenvalue weighted by Gasteiger charge is 2.48. The van der Waals surface area contributed by atoms with E-state index in [0.29, 0.717) is 30.0 Å². The molecule has 0 radical (unpaired) electrons. The minimum absolute atomic E-state index is 0.0627. The van der Waals surface area contributed by atoms with Crippen LogP contribution in [0.15, 0.2) is 18.7 Å². The minimum atomic E-state index is -0.861. The lowest BCUT2D eigenvalue weighted by atomic mass is 9.81. The average molecular weight is 483 g/mol. The fraction of sp³-hybridized carbons (Fsp3) is 0.577. The first-order chi connectivity index (χ1) is 16.6. The number of carbonyl (C=O) groups excluding carboxylic acids is 2. The summed E-state index contributed by atoms with van der Waals surface area (Å²) in [6, 6.07) is 0.0627. The number of hydrogen-bond acceptors (Lipinski definition) is 6. The number of ether oxygens (including phenoxy) is 3. The molecule has 2 N–H and O–H groups in total. The zero-order valence-electron chi connectivity index (χ0n) is 21.1. The number of fused-ring (bicyclic) bond motifs is 2. The van der Waals surface area contributed by atoms with Gasteiger partial charge in [0, 0.05) is 43.4 Å². The molecule has 1 aliphatic carbocycles. The molecule has 1 fully saturated rings. The van der Waals surface area contributed by atoms with Gasteiger partial charge in [0.25, 0.3) is 11.7 Å². The van der Waals surface area contributed by atoms with Crippen molar-refractivity contribution in [3.63, 3.8) is 0 Å². The highest BCUT2D eigenvalue weighted by Crippen LogP contribution is 2.53. The van der Waals surface area contributed by atoms with E-state index in [0.717, 1.165) is 42.5 Å². The second kappa shape index (κ2) is 8.46. The van der Waals surface area contributed by atoms with Crippen LogP contribution in [0, 0.1) is 12.8 Å². The quantitative estimate of drug-likeness (QED) is 0.684. The smallest absolute Gasteiger partial charge is 0.407 e. The van der Waals surface area contributed by atoms with Gasteiger partial charge in [-0.25, -0.2) is 9.78 Å². The molecular formula is C26H34N4O5. The lowest BCUT2D eigenvalue weighted by Crippen LogP contribution is -2.48. The maximum atomic E-state index is 12.8. The third-order valence-corrected chi connectivity index (χ3v) is 7.17. The van der Waals surface area contributed by atoms with Crippen molar-refractivity contribution in [2.75, 3.05) is 6.54 Å². The van der Waals surface area contributed by atoms with Crippen LogP contribution < -0.4 is 20.1 Å². The summed E-state index contributed by atoms with van der Waals surface area (Å²) in [7, 11) is 0. The molecule has 9 heteroatoms. The number of benzene rings is 1. The average Bonchev–Trinajstić information content (AvgIpc) is 3.42. The number of nitrogens with one attached hydrogen (secondary N) is 2. The van der Waals surface area contributed by atoms with Gasteiger partial charge in [0.05, 0.1) is 17.6 Å². The van der Waals surface area contributed by atoms with E-state index < -0.39 is 11.4 Å². The number of alkyl carbamates (subject to hydrolysis) is 1. The predicted octanol–water partition coefficient (Wildman–Crippen LogP) is 4.04. The number of carbonyl (C=O) groups is 2. The Hall–Kier alpha value is -3.23. The fourth-order valence-corrected chi connectivity index (χ4v) is 5.52. The summed E-state index contributed by atoms with van der Waals surface area (Å²) in [5, 5.41) is 5.95. The van der Waals surface area contributed by atoms with Crippen LogP contribution in [0.5, 0.6) is 11.5 Å². The first-order valence-electron chi connectivity index (χ1n) is 12.4. The maximum absolute atomic E-state index is 12.8. The first-order valence-corrected chi connectivity index (χ1v) is 12.4. The largest absolute Gasteiger partial charge is 0.448 e. The Kier molecular flexibility index (Phi) is 5.68. The van der Waals surface area contributed by atoms with E-state index in [2.05, 4.69) is 15.6 Å². The molecule has 2 aromatic rings. The summed E-state index contributed by atoms with van der Waals surface area (Å²) in [6.07, 6.45) is 8.95. The summed E-state index contributed by atoms with van der Waals surface area (Å²) in [6.45, 7) is 10.1. The number of nitrogens with zero attached hydrogens (tertiary/aromatic N) is 2. The van der Waals surface area contributed by atoms with Crippen LogP contribution >= 0.6 is 0 Å². The summed E-state index contributed by atoms with van der Waals surface area (Å²) < 4.78 is 20.5. The van der Waals surface area contributed by atoms with E-state index in [1.54, 1.807) is 12.5 Å². The van der Waals surface area contributed by atoms with E-state index in [-0.39, 0.29) is 24.0 Å². The Morgan fingerprint density at radius 1 is 1.23 bits per heavy atom. The van der Waals surface area contributed by atoms with Crippen LogP contribution in [0.2, 0.25) is 0 Å². The fourth-order valence-electron chi connectivity index (χ4n) is 5.52. The monoisotopic (exact) mass is 482 g/mol. The van der Waals surface area contributed by atoms with Gasteiger partial charge in [0.2, 0.25) is 0 Å². The summed E-state index contributed by atoms with van der Waals surface area (Å²) in [5.74, 6) is 0.484. The van der Waals surface area contributed by atoms with Crippen LogP contribution in [0.4, 0.5) is 4.79 Å². The third-order valence-electron chi connectivity index (χ3n) is 7.17. The van der Waals surface area contributed by atoms with Crippen molar-refractivity contribution in [1.82, 2.24) is 20.2 Å². The molecule has 3 heterocycles. The molecular weight excluding hydrogens is 448 g/mol. The number of imidazole rings is 1. The van der Waals surface area contributed by atoms with Crippen molar-refractivity contribution >= 4 is 12.0 Å². The van der Waals surface area contributed by atoms with Gasteiger partial charge in [-0.2, -0.15) is 0 Å². The van der Waals surface area contributed by atoms with Crippen LogP contribution in [0.1, 0.15) is 74.9 Å². The Morgan fingerprint density at radius 2 is 1.94 bits per heavy atom. The van der Waals surface area contributed by atoms with Gasteiger partial charge in [0.1, 0.15) is 5.60 Å². The zero-order chi connectivity index (χ0) is 25.0. The highest BCUT2D eigenvalue weighted by atomic mass is 16.7. The summed E-state index contributed by atoms with van der Waals surface area (Å²) >= 11 is 0. The topological polar surface area (TPSA) is 104 Å². The van der Waals surface area contributed by atoms with E-state index >= 15 is 0 Å².